The number of amides is 4. The largest absolute Gasteiger partial charge is 0.493 e. The van der Waals surface area contributed by atoms with Crippen LogP contribution in [0.1, 0.15) is 36.8 Å². The van der Waals surface area contributed by atoms with Gasteiger partial charge in [-0.15, -0.1) is 0 Å². The quantitative estimate of drug-likeness (QED) is 0.261. The van der Waals surface area contributed by atoms with Crippen LogP contribution in [0.2, 0.25) is 10.0 Å². The first-order valence-electron chi connectivity index (χ1n) is 10.6. The summed E-state index contributed by atoms with van der Waals surface area (Å²) in [6.45, 7) is 0.239. The van der Waals surface area contributed by atoms with E-state index < -0.39 is 17.8 Å². The third kappa shape index (κ3) is 5.18. The van der Waals surface area contributed by atoms with Crippen molar-refractivity contribution >= 4 is 69.7 Å². The molecule has 0 atom stereocenters. The van der Waals surface area contributed by atoms with Gasteiger partial charge in [-0.3, -0.25) is 19.8 Å². The van der Waals surface area contributed by atoms with Gasteiger partial charge in [0.2, 0.25) is 0 Å². The van der Waals surface area contributed by atoms with Gasteiger partial charge in [0.15, 0.2) is 11.5 Å². The highest BCUT2D eigenvalue weighted by Crippen LogP contribution is 2.36. The van der Waals surface area contributed by atoms with Crippen LogP contribution in [0, 0.1) is 3.57 Å². The van der Waals surface area contributed by atoms with Gasteiger partial charge in [0.05, 0.1) is 20.7 Å². The van der Waals surface area contributed by atoms with Gasteiger partial charge in [-0.25, -0.2) is 4.79 Å². The van der Waals surface area contributed by atoms with E-state index >= 15 is 0 Å². The number of carbonyl (C=O) groups excluding carboxylic acids is 3. The number of rotatable bonds is 6. The van der Waals surface area contributed by atoms with Crippen LogP contribution < -0.4 is 14.8 Å². The van der Waals surface area contributed by atoms with Crippen LogP contribution in [0.4, 0.5) is 4.79 Å². The first kappa shape index (κ1) is 24.8. The number of urea groups is 1. The maximum Gasteiger partial charge on any atom is 0.331 e. The standard InChI is InChI=1S/C24H21Cl2IN2O5/c1-33-20-11-14(10-19(27)21(20)34-12-13-6-7-17(25)18(26)9-13)8-16-22(30)28-24(32)29(23(16)31)15-4-2-3-5-15/h6-11,15H,2-5,12H2,1H3,(H,28,30,32)/b16-8+. The second-order valence-electron chi connectivity index (χ2n) is 8.00. The summed E-state index contributed by atoms with van der Waals surface area (Å²) < 4.78 is 12.2. The van der Waals surface area contributed by atoms with Gasteiger partial charge in [0.25, 0.3) is 11.8 Å². The molecule has 1 heterocycles. The molecule has 4 rings (SSSR count). The molecule has 4 amide bonds. The first-order valence-corrected chi connectivity index (χ1v) is 12.5. The Kier molecular flexibility index (Phi) is 7.69. The summed E-state index contributed by atoms with van der Waals surface area (Å²) in [6, 6.07) is 7.86. The Morgan fingerprint density at radius 1 is 1.12 bits per heavy atom. The van der Waals surface area contributed by atoms with Gasteiger partial charge in [-0.1, -0.05) is 42.1 Å². The predicted molar refractivity (Wildman–Crippen MR) is 137 cm³/mol. The fraction of sp³-hybridized carbons (Fsp3) is 0.292. The van der Waals surface area contributed by atoms with Crippen LogP contribution in [-0.4, -0.2) is 35.9 Å². The van der Waals surface area contributed by atoms with Crippen molar-refractivity contribution in [1.82, 2.24) is 10.2 Å². The number of ether oxygens (including phenoxy) is 2. The summed E-state index contributed by atoms with van der Waals surface area (Å²) in [4.78, 5) is 39.0. The van der Waals surface area contributed by atoms with Gasteiger partial charge in [-0.05, 0) is 76.9 Å². The van der Waals surface area contributed by atoms with Crippen molar-refractivity contribution in [2.75, 3.05) is 7.11 Å². The third-order valence-electron chi connectivity index (χ3n) is 5.75. The van der Waals surface area contributed by atoms with Crippen LogP contribution in [0.15, 0.2) is 35.9 Å². The van der Waals surface area contributed by atoms with Crippen molar-refractivity contribution in [3.05, 3.63) is 60.6 Å². The highest BCUT2D eigenvalue weighted by Gasteiger charge is 2.40. The lowest BCUT2D eigenvalue weighted by atomic mass is 10.0. The molecule has 2 aromatic rings. The molecule has 2 fully saturated rings. The molecule has 10 heteroatoms. The Hall–Kier alpha value is -2.30. The maximum atomic E-state index is 13.1. The number of nitrogens with one attached hydrogen (secondary N) is 1. The van der Waals surface area contributed by atoms with Crippen molar-refractivity contribution in [1.29, 1.82) is 0 Å². The highest BCUT2D eigenvalue weighted by atomic mass is 127. The van der Waals surface area contributed by atoms with Gasteiger partial charge < -0.3 is 9.47 Å². The number of nitrogens with zero attached hydrogens (tertiary/aromatic N) is 1. The van der Waals surface area contributed by atoms with Crippen molar-refractivity contribution in [3.63, 3.8) is 0 Å². The SMILES string of the molecule is COc1cc(/C=C2\C(=O)NC(=O)N(C3CCCC3)C2=O)cc(I)c1OCc1ccc(Cl)c(Cl)c1. The molecular weight excluding hydrogens is 594 g/mol. The molecule has 1 N–H and O–H groups in total. The number of halogens is 3. The lowest BCUT2D eigenvalue weighted by Gasteiger charge is -2.31. The van der Waals surface area contributed by atoms with E-state index in [-0.39, 0.29) is 18.2 Å². The molecule has 1 aliphatic heterocycles. The fourth-order valence-electron chi connectivity index (χ4n) is 4.08. The van der Waals surface area contributed by atoms with Crippen molar-refractivity contribution in [3.8, 4) is 11.5 Å². The summed E-state index contributed by atoms with van der Waals surface area (Å²) in [6.07, 6.45) is 4.87. The van der Waals surface area contributed by atoms with Crippen molar-refractivity contribution in [2.24, 2.45) is 0 Å². The normalized spacial score (nSPS) is 17.9. The Labute approximate surface area is 220 Å². The monoisotopic (exact) mass is 614 g/mol. The molecule has 7 nitrogen and oxygen atoms in total. The van der Waals surface area contributed by atoms with E-state index in [0.717, 1.165) is 34.8 Å². The van der Waals surface area contributed by atoms with Gasteiger partial charge >= 0.3 is 6.03 Å². The molecule has 178 valence electrons. The number of methoxy groups -OCH3 is 1. The molecule has 2 aliphatic rings. The first-order chi connectivity index (χ1) is 16.3. The summed E-state index contributed by atoms with van der Waals surface area (Å²) in [5, 5.41) is 3.19. The molecule has 1 saturated heterocycles. The molecular formula is C24H21Cl2IN2O5. The maximum absolute atomic E-state index is 13.1. The number of benzene rings is 2. The van der Waals surface area contributed by atoms with E-state index in [0.29, 0.717) is 27.1 Å². The lowest BCUT2D eigenvalue weighted by Crippen LogP contribution is -2.57. The zero-order valence-electron chi connectivity index (χ0n) is 18.2. The van der Waals surface area contributed by atoms with Crippen molar-refractivity contribution < 1.29 is 23.9 Å². The van der Waals surface area contributed by atoms with E-state index in [1.807, 2.05) is 6.07 Å². The molecule has 0 radical (unpaired) electrons. The zero-order valence-corrected chi connectivity index (χ0v) is 21.9. The molecule has 1 saturated carbocycles. The molecule has 0 bridgehead atoms. The minimum atomic E-state index is -0.710. The second-order valence-corrected chi connectivity index (χ2v) is 9.98. The molecule has 0 aromatic heterocycles. The smallest absolute Gasteiger partial charge is 0.331 e. The topological polar surface area (TPSA) is 84.9 Å². The fourth-order valence-corrected chi connectivity index (χ4v) is 5.18. The second kappa shape index (κ2) is 10.5. The lowest BCUT2D eigenvalue weighted by molar-refractivity contribution is -0.131. The van der Waals surface area contributed by atoms with E-state index in [4.69, 9.17) is 32.7 Å². The molecule has 1 aliphatic carbocycles. The Morgan fingerprint density at radius 3 is 2.53 bits per heavy atom. The minimum Gasteiger partial charge on any atom is -0.493 e. The Morgan fingerprint density at radius 2 is 1.85 bits per heavy atom. The molecule has 2 aromatic carbocycles. The van der Waals surface area contributed by atoms with Crippen molar-refractivity contribution in [2.45, 2.75) is 38.3 Å². The summed E-state index contributed by atoms with van der Waals surface area (Å²) >= 11 is 14.1. The average molecular weight is 615 g/mol. The van der Waals surface area contributed by atoms with Gasteiger partial charge in [0.1, 0.15) is 12.2 Å². The zero-order chi connectivity index (χ0) is 24.4. The van der Waals surface area contributed by atoms with Gasteiger partial charge in [-0.2, -0.15) is 0 Å². The summed E-state index contributed by atoms with van der Waals surface area (Å²) in [5.41, 5.74) is 1.32. The van der Waals surface area contributed by atoms with Crippen LogP contribution in [-0.2, 0) is 16.2 Å². The molecule has 0 spiro atoms. The van der Waals surface area contributed by atoms with Crippen LogP contribution in [0.3, 0.4) is 0 Å². The number of barbiturate groups is 1. The van der Waals surface area contributed by atoms with E-state index in [1.165, 1.54) is 18.1 Å². The highest BCUT2D eigenvalue weighted by molar-refractivity contribution is 14.1. The Bertz CT molecular complexity index is 1190. The van der Waals surface area contributed by atoms with Crippen LogP contribution in [0.5, 0.6) is 11.5 Å². The number of hydrogen-bond donors (Lipinski definition) is 1. The minimum absolute atomic E-state index is 0.0890. The number of imide groups is 2. The molecule has 34 heavy (non-hydrogen) atoms. The average Bonchev–Trinajstić information content (AvgIpc) is 3.32. The van der Waals surface area contributed by atoms with E-state index in [1.54, 1.807) is 24.3 Å². The number of carbonyl (C=O) groups is 3. The third-order valence-corrected chi connectivity index (χ3v) is 7.29. The summed E-state index contributed by atoms with van der Waals surface area (Å²) in [5.74, 6) is -0.336. The van der Waals surface area contributed by atoms with Crippen LogP contribution in [0.25, 0.3) is 6.08 Å². The van der Waals surface area contributed by atoms with E-state index in [9.17, 15) is 14.4 Å². The Balaban J connectivity index is 1.59. The number of hydrogen-bond acceptors (Lipinski definition) is 5. The molecule has 0 unspecified atom stereocenters. The van der Waals surface area contributed by atoms with E-state index in [2.05, 4.69) is 27.9 Å². The predicted octanol–water partition coefficient (Wildman–Crippen LogP) is 5.59. The summed E-state index contributed by atoms with van der Waals surface area (Å²) in [7, 11) is 1.51. The van der Waals surface area contributed by atoms with Gasteiger partial charge in [0, 0.05) is 6.04 Å². The van der Waals surface area contributed by atoms with Crippen LogP contribution >= 0.6 is 45.8 Å².